The molecule has 2 nitrogen and oxygen atoms in total. The van der Waals surface area contributed by atoms with Crippen LogP contribution in [0.3, 0.4) is 0 Å². The Kier molecular flexibility index (Phi) is 5.39. The predicted octanol–water partition coefficient (Wildman–Crippen LogP) is 3.56. The van der Waals surface area contributed by atoms with E-state index in [9.17, 15) is 0 Å². The minimum absolute atomic E-state index is 0.153. The zero-order chi connectivity index (χ0) is 12.0. The molecule has 0 amide bonds. The van der Waals surface area contributed by atoms with E-state index in [1.165, 1.54) is 29.9 Å². The topological polar surface area (TPSA) is 49.9 Å². The highest BCUT2D eigenvalue weighted by molar-refractivity contribution is 7.99. The number of aryl methyl sites for hydroxylation is 1. The van der Waals surface area contributed by atoms with Crippen LogP contribution < -0.4 is 5.73 Å². The predicted molar refractivity (Wildman–Crippen MR) is 72.4 cm³/mol. The summed E-state index contributed by atoms with van der Waals surface area (Å²) in [7, 11) is 0. The molecule has 0 radical (unpaired) electrons. The van der Waals surface area contributed by atoms with Crippen molar-refractivity contribution in [3.05, 3.63) is 29.3 Å². The first-order chi connectivity index (χ1) is 7.65. The molecular weight excluding hydrogens is 216 g/mol. The number of nitrogen functional groups attached to an aromatic ring is 1. The van der Waals surface area contributed by atoms with Crippen molar-refractivity contribution in [2.75, 3.05) is 5.75 Å². The molecule has 0 aliphatic heterocycles. The molecule has 0 spiro atoms. The number of hydrogen-bond donors (Lipinski definition) is 2. The van der Waals surface area contributed by atoms with Crippen molar-refractivity contribution in [3.8, 4) is 0 Å². The van der Waals surface area contributed by atoms with Crippen LogP contribution in [0.25, 0.3) is 0 Å². The van der Waals surface area contributed by atoms with Gasteiger partial charge in [0, 0.05) is 10.5 Å². The summed E-state index contributed by atoms with van der Waals surface area (Å²) in [6, 6.07) is 6.12. The van der Waals surface area contributed by atoms with E-state index in [2.05, 4.69) is 19.1 Å². The molecule has 0 heterocycles. The molecule has 3 N–H and O–H groups in total. The van der Waals surface area contributed by atoms with Gasteiger partial charge < -0.3 is 5.73 Å². The molecule has 0 aliphatic carbocycles. The Labute approximate surface area is 102 Å². The minimum atomic E-state index is 0.153. The van der Waals surface area contributed by atoms with E-state index in [0.717, 1.165) is 11.1 Å². The molecule has 0 unspecified atom stereocenters. The third-order valence-electron chi connectivity index (χ3n) is 2.50. The Morgan fingerprint density at radius 3 is 2.69 bits per heavy atom. The van der Waals surface area contributed by atoms with Crippen molar-refractivity contribution in [1.29, 1.82) is 5.41 Å². The number of nitrogens with one attached hydrogen (secondary N) is 1. The Balaban J connectivity index is 2.56. The first kappa shape index (κ1) is 13.1. The summed E-state index contributed by atoms with van der Waals surface area (Å²) in [5.41, 5.74) is 7.42. The van der Waals surface area contributed by atoms with Gasteiger partial charge in [0.2, 0.25) is 0 Å². The number of hydrogen-bond acceptors (Lipinski definition) is 2. The molecule has 88 valence electrons. The molecule has 0 atom stereocenters. The Morgan fingerprint density at radius 1 is 1.38 bits per heavy atom. The lowest BCUT2D eigenvalue weighted by Gasteiger charge is -2.06. The largest absolute Gasteiger partial charge is 0.384 e. The summed E-state index contributed by atoms with van der Waals surface area (Å²) in [5.74, 6) is 1.33. The summed E-state index contributed by atoms with van der Waals surface area (Å²) in [4.78, 5) is 1.28. The van der Waals surface area contributed by atoms with Gasteiger partial charge in [-0.25, -0.2) is 0 Å². The fourth-order valence-electron chi connectivity index (χ4n) is 1.57. The molecule has 1 aromatic rings. The van der Waals surface area contributed by atoms with Crippen LogP contribution in [-0.4, -0.2) is 11.6 Å². The lowest BCUT2D eigenvalue weighted by Crippen LogP contribution is -2.12. The molecule has 1 aromatic carbocycles. The average Bonchev–Trinajstić information content (AvgIpc) is 2.24. The Hall–Kier alpha value is -0.960. The number of rotatable bonds is 6. The van der Waals surface area contributed by atoms with Crippen LogP contribution in [0, 0.1) is 12.3 Å². The number of amidine groups is 1. The first-order valence-corrected chi connectivity index (χ1v) is 6.71. The minimum Gasteiger partial charge on any atom is -0.384 e. The summed E-state index contributed by atoms with van der Waals surface area (Å²) in [5, 5.41) is 7.41. The smallest absolute Gasteiger partial charge is 0.123 e. The quantitative estimate of drug-likeness (QED) is 0.343. The van der Waals surface area contributed by atoms with Crippen LogP contribution in [0.2, 0.25) is 0 Å². The summed E-state index contributed by atoms with van der Waals surface area (Å²) < 4.78 is 0. The normalized spacial score (nSPS) is 10.4. The van der Waals surface area contributed by atoms with Crippen LogP contribution in [0.4, 0.5) is 0 Å². The van der Waals surface area contributed by atoms with Gasteiger partial charge in [0.15, 0.2) is 0 Å². The standard InChI is InChI=1S/C13H20N2S/c1-3-4-5-8-16-11-6-7-12(13(14)15)10(2)9-11/h6-7,9H,3-5,8H2,1-2H3,(H3,14,15). The second-order valence-electron chi connectivity index (χ2n) is 3.95. The number of nitrogens with two attached hydrogens (primary N) is 1. The van der Waals surface area contributed by atoms with Gasteiger partial charge in [0.1, 0.15) is 5.84 Å². The monoisotopic (exact) mass is 236 g/mol. The van der Waals surface area contributed by atoms with E-state index >= 15 is 0 Å². The van der Waals surface area contributed by atoms with Crippen molar-refractivity contribution in [2.45, 2.75) is 38.0 Å². The molecule has 3 heteroatoms. The summed E-state index contributed by atoms with van der Waals surface area (Å²) in [6.45, 7) is 4.23. The number of thioether (sulfide) groups is 1. The van der Waals surface area contributed by atoms with Gasteiger partial charge in [-0.2, -0.15) is 0 Å². The second kappa shape index (κ2) is 6.59. The van der Waals surface area contributed by atoms with Crippen LogP contribution in [-0.2, 0) is 0 Å². The Morgan fingerprint density at radius 2 is 2.12 bits per heavy atom. The van der Waals surface area contributed by atoms with Crippen molar-refractivity contribution in [2.24, 2.45) is 5.73 Å². The molecule has 0 saturated heterocycles. The van der Waals surface area contributed by atoms with Crippen molar-refractivity contribution in [3.63, 3.8) is 0 Å². The molecule has 1 rings (SSSR count). The van der Waals surface area contributed by atoms with Gasteiger partial charge in [-0.3, -0.25) is 5.41 Å². The summed E-state index contributed by atoms with van der Waals surface area (Å²) >= 11 is 1.88. The zero-order valence-electron chi connectivity index (χ0n) is 10.0. The fraction of sp³-hybridized carbons (Fsp3) is 0.462. The molecule has 0 saturated carbocycles. The highest BCUT2D eigenvalue weighted by Crippen LogP contribution is 2.22. The molecular formula is C13H20N2S. The highest BCUT2D eigenvalue weighted by atomic mass is 32.2. The van der Waals surface area contributed by atoms with Crippen molar-refractivity contribution < 1.29 is 0 Å². The summed E-state index contributed by atoms with van der Waals surface area (Å²) in [6.07, 6.45) is 3.84. The molecule has 0 fully saturated rings. The van der Waals surface area contributed by atoms with E-state index in [0.29, 0.717) is 0 Å². The molecule has 0 bridgehead atoms. The third kappa shape index (κ3) is 3.89. The third-order valence-corrected chi connectivity index (χ3v) is 3.58. The van der Waals surface area contributed by atoms with Gasteiger partial charge in [-0.05, 0) is 42.9 Å². The van der Waals surface area contributed by atoms with Crippen LogP contribution in [0.5, 0.6) is 0 Å². The maximum absolute atomic E-state index is 7.41. The maximum Gasteiger partial charge on any atom is 0.123 e. The Bertz CT molecular complexity index is 361. The second-order valence-corrected chi connectivity index (χ2v) is 5.11. The van der Waals surface area contributed by atoms with Gasteiger partial charge in [-0.1, -0.05) is 19.8 Å². The van der Waals surface area contributed by atoms with Crippen LogP contribution in [0.1, 0.15) is 37.3 Å². The fourth-order valence-corrected chi connectivity index (χ4v) is 2.58. The van der Waals surface area contributed by atoms with Crippen molar-refractivity contribution in [1.82, 2.24) is 0 Å². The maximum atomic E-state index is 7.41. The molecule has 0 aliphatic rings. The number of benzene rings is 1. The van der Waals surface area contributed by atoms with Gasteiger partial charge in [0.25, 0.3) is 0 Å². The number of unbranched alkanes of at least 4 members (excludes halogenated alkanes) is 2. The lowest BCUT2D eigenvalue weighted by atomic mass is 10.1. The van der Waals surface area contributed by atoms with Gasteiger partial charge in [0.05, 0.1) is 0 Å². The first-order valence-electron chi connectivity index (χ1n) is 5.73. The van der Waals surface area contributed by atoms with Gasteiger partial charge in [-0.15, -0.1) is 11.8 Å². The average molecular weight is 236 g/mol. The molecule has 16 heavy (non-hydrogen) atoms. The van der Waals surface area contributed by atoms with E-state index in [-0.39, 0.29) is 5.84 Å². The van der Waals surface area contributed by atoms with E-state index in [4.69, 9.17) is 11.1 Å². The van der Waals surface area contributed by atoms with Crippen molar-refractivity contribution >= 4 is 17.6 Å². The highest BCUT2D eigenvalue weighted by Gasteiger charge is 2.02. The molecule has 0 aromatic heterocycles. The van der Waals surface area contributed by atoms with E-state index < -0.39 is 0 Å². The van der Waals surface area contributed by atoms with E-state index in [1.54, 1.807) is 0 Å². The SMILES string of the molecule is CCCCCSc1ccc(C(=N)N)c(C)c1. The van der Waals surface area contributed by atoms with Crippen LogP contribution >= 0.6 is 11.8 Å². The lowest BCUT2D eigenvalue weighted by molar-refractivity contribution is 0.778. The van der Waals surface area contributed by atoms with E-state index in [1.807, 2.05) is 24.8 Å². The zero-order valence-corrected chi connectivity index (χ0v) is 10.9. The van der Waals surface area contributed by atoms with Gasteiger partial charge >= 0.3 is 0 Å². The van der Waals surface area contributed by atoms with Crippen LogP contribution in [0.15, 0.2) is 23.1 Å².